The van der Waals surface area contributed by atoms with E-state index in [0.717, 1.165) is 17.2 Å². The highest BCUT2D eigenvalue weighted by Gasteiger charge is 2.17. The largest absolute Gasteiger partial charge is 0.359 e. The summed E-state index contributed by atoms with van der Waals surface area (Å²) in [5, 5.41) is 4.73. The lowest BCUT2D eigenvalue weighted by Crippen LogP contribution is -2.43. The maximum absolute atomic E-state index is 4.76. The molecule has 0 radical (unpaired) electrons. The summed E-state index contributed by atoms with van der Waals surface area (Å²) in [6.07, 6.45) is 5.31. The molecule has 0 atom stereocenters. The highest BCUT2D eigenvalue weighted by Crippen LogP contribution is 2.30. The van der Waals surface area contributed by atoms with Crippen molar-refractivity contribution in [2.24, 2.45) is 0 Å². The maximum Gasteiger partial charge on any atom is 0.184 e. The molecule has 1 aromatic carbocycles. The van der Waals surface area contributed by atoms with Gasteiger partial charge in [0.15, 0.2) is 5.13 Å². The van der Waals surface area contributed by atoms with E-state index in [2.05, 4.69) is 40.4 Å². The predicted molar refractivity (Wildman–Crippen MR) is 98.3 cm³/mol. The average Bonchev–Trinajstić information content (AvgIpc) is 3.18. The number of nitrogens with one attached hydrogen (secondary N) is 1. The van der Waals surface area contributed by atoms with Crippen LogP contribution in [-0.2, 0) is 6.54 Å². The van der Waals surface area contributed by atoms with E-state index in [4.69, 9.17) is 4.98 Å². The van der Waals surface area contributed by atoms with Gasteiger partial charge in [-0.2, -0.15) is 0 Å². The van der Waals surface area contributed by atoms with Gasteiger partial charge < -0.3 is 10.2 Å². The fourth-order valence-electron chi connectivity index (χ4n) is 3.64. The quantitative estimate of drug-likeness (QED) is 0.931. The Hall–Kier alpha value is -1.17. The van der Waals surface area contributed by atoms with Crippen LogP contribution in [0.5, 0.6) is 0 Å². The number of likely N-dealkylation sites (N-methyl/N-ethyl adjacent to an activating group) is 1. The summed E-state index contributed by atoms with van der Waals surface area (Å²) in [4.78, 5) is 9.72. The SMILES string of the molecule is CN1CCN(Cc2ccc3nc(NC4CCCC4)sc3c2)CC1. The molecule has 2 heterocycles. The molecular weight excluding hydrogens is 304 g/mol. The zero-order valence-electron chi connectivity index (χ0n) is 13.9. The van der Waals surface area contributed by atoms with Gasteiger partial charge in [0.25, 0.3) is 0 Å². The lowest BCUT2D eigenvalue weighted by atomic mass is 10.2. The van der Waals surface area contributed by atoms with Gasteiger partial charge in [-0.15, -0.1) is 0 Å². The number of piperazine rings is 1. The van der Waals surface area contributed by atoms with Gasteiger partial charge in [-0.1, -0.05) is 30.2 Å². The molecular formula is C18H26N4S. The van der Waals surface area contributed by atoms with Crippen LogP contribution in [0.4, 0.5) is 5.13 Å². The lowest BCUT2D eigenvalue weighted by Gasteiger charge is -2.32. The first-order chi connectivity index (χ1) is 11.3. The lowest BCUT2D eigenvalue weighted by molar-refractivity contribution is 0.148. The fraction of sp³-hybridized carbons (Fsp3) is 0.611. The Morgan fingerprint density at radius 1 is 1.17 bits per heavy atom. The molecule has 1 aliphatic carbocycles. The number of aromatic nitrogens is 1. The van der Waals surface area contributed by atoms with Crippen molar-refractivity contribution in [3.63, 3.8) is 0 Å². The minimum atomic E-state index is 0.639. The zero-order chi connectivity index (χ0) is 15.6. The molecule has 1 aliphatic heterocycles. The van der Waals surface area contributed by atoms with Crippen LogP contribution in [-0.4, -0.2) is 54.1 Å². The number of fused-ring (bicyclic) bond motifs is 1. The number of hydrogen-bond donors (Lipinski definition) is 1. The van der Waals surface area contributed by atoms with Crippen LogP contribution in [0.1, 0.15) is 31.2 Å². The smallest absolute Gasteiger partial charge is 0.184 e. The molecule has 2 aliphatic rings. The molecule has 1 N–H and O–H groups in total. The minimum absolute atomic E-state index is 0.639. The summed E-state index contributed by atoms with van der Waals surface area (Å²) in [5.74, 6) is 0. The van der Waals surface area contributed by atoms with Gasteiger partial charge in [0.1, 0.15) is 0 Å². The normalized spacial score (nSPS) is 21.3. The first kappa shape index (κ1) is 15.4. The molecule has 1 saturated heterocycles. The first-order valence-corrected chi connectivity index (χ1v) is 9.65. The molecule has 2 fully saturated rings. The van der Waals surface area contributed by atoms with Crippen molar-refractivity contribution in [3.05, 3.63) is 23.8 Å². The Kier molecular flexibility index (Phi) is 4.51. The van der Waals surface area contributed by atoms with E-state index in [0.29, 0.717) is 6.04 Å². The molecule has 0 bridgehead atoms. The van der Waals surface area contributed by atoms with E-state index in [-0.39, 0.29) is 0 Å². The van der Waals surface area contributed by atoms with Gasteiger partial charge in [0.2, 0.25) is 0 Å². The standard InChI is InChI=1S/C18H26N4S/c1-21-8-10-22(11-9-21)13-14-6-7-16-17(12-14)23-18(20-16)19-15-4-2-3-5-15/h6-7,12,15H,2-5,8-11,13H2,1H3,(H,19,20). The predicted octanol–water partition coefficient (Wildman–Crippen LogP) is 3.40. The molecule has 4 rings (SSSR count). The maximum atomic E-state index is 4.76. The van der Waals surface area contributed by atoms with Gasteiger partial charge in [0.05, 0.1) is 10.2 Å². The van der Waals surface area contributed by atoms with Crippen LogP contribution in [0.3, 0.4) is 0 Å². The Labute approximate surface area is 142 Å². The first-order valence-electron chi connectivity index (χ1n) is 8.83. The molecule has 0 unspecified atom stereocenters. The molecule has 5 heteroatoms. The average molecular weight is 331 g/mol. The number of rotatable bonds is 4. The van der Waals surface area contributed by atoms with Crippen molar-refractivity contribution in [2.45, 2.75) is 38.3 Å². The van der Waals surface area contributed by atoms with Crippen molar-refractivity contribution in [2.75, 3.05) is 38.5 Å². The van der Waals surface area contributed by atoms with E-state index in [1.165, 1.54) is 62.1 Å². The monoisotopic (exact) mass is 330 g/mol. The molecule has 2 aromatic rings. The molecule has 124 valence electrons. The number of hydrogen-bond acceptors (Lipinski definition) is 5. The Morgan fingerprint density at radius 3 is 2.74 bits per heavy atom. The Morgan fingerprint density at radius 2 is 1.96 bits per heavy atom. The third-order valence-electron chi connectivity index (χ3n) is 5.14. The number of anilines is 1. The molecule has 1 aromatic heterocycles. The number of thiazole rings is 1. The number of benzene rings is 1. The third-order valence-corrected chi connectivity index (χ3v) is 6.09. The van der Waals surface area contributed by atoms with Crippen LogP contribution in [0.25, 0.3) is 10.2 Å². The van der Waals surface area contributed by atoms with E-state index in [1.807, 2.05) is 11.3 Å². The second kappa shape index (κ2) is 6.75. The topological polar surface area (TPSA) is 31.4 Å². The van der Waals surface area contributed by atoms with Crippen molar-refractivity contribution in [1.29, 1.82) is 0 Å². The van der Waals surface area contributed by atoms with Gasteiger partial charge in [-0.05, 0) is 37.6 Å². The summed E-state index contributed by atoms with van der Waals surface area (Å²) in [7, 11) is 2.21. The van der Waals surface area contributed by atoms with Crippen LogP contribution in [0.2, 0.25) is 0 Å². The van der Waals surface area contributed by atoms with Gasteiger partial charge in [0, 0.05) is 38.8 Å². The third kappa shape index (κ3) is 3.67. The summed E-state index contributed by atoms with van der Waals surface area (Å²) in [5.41, 5.74) is 2.55. The molecule has 23 heavy (non-hydrogen) atoms. The summed E-state index contributed by atoms with van der Waals surface area (Å²) in [6.45, 7) is 5.76. The Balaban J connectivity index is 1.44. The molecule has 1 saturated carbocycles. The fourth-order valence-corrected chi connectivity index (χ4v) is 4.64. The van der Waals surface area contributed by atoms with Gasteiger partial charge in [-0.25, -0.2) is 4.98 Å². The summed E-state index contributed by atoms with van der Waals surface area (Å²) < 4.78 is 1.32. The minimum Gasteiger partial charge on any atom is -0.359 e. The van der Waals surface area contributed by atoms with E-state index < -0.39 is 0 Å². The molecule has 0 amide bonds. The van der Waals surface area contributed by atoms with Crippen LogP contribution < -0.4 is 5.32 Å². The Bertz CT molecular complexity index is 654. The van der Waals surface area contributed by atoms with E-state index >= 15 is 0 Å². The van der Waals surface area contributed by atoms with E-state index in [9.17, 15) is 0 Å². The van der Waals surface area contributed by atoms with Crippen molar-refractivity contribution < 1.29 is 0 Å². The molecule has 0 spiro atoms. The zero-order valence-corrected chi connectivity index (χ0v) is 14.7. The second-order valence-corrected chi connectivity index (χ2v) is 8.06. The van der Waals surface area contributed by atoms with Crippen molar-refractivity contribution in [3.8, 4) is 0 Å². The van der Waals surface area contributed by atoms with Crippen molar-refractivity contribution >= 4 is 26.7 Å². The summed E-state index contributed by atoms with van der Waals surface area (Å²) >= 11 is 1.81. The van der Waals surface area contributed by atoms with E-state index in [1.54, 1.807) is 0 Å². The van der Waals surface area contributed by atoms with Crippen LogP contribution >= 0.6 is 11.3 Å². The van der Waals surface area contributed by atoms with Gasteiger partial charge in [-0.3, -0.25) is 4.90 Å². The highest BCUT2D eigenvalue weighted by molar-refractivity contribution is 7.22. The summed E-state index contributed by atoms with van der Waals surface area (Å²) in [6, 6.07) is 7.42. The van der Waals surface area contributed by atoms with Gasteiger partial charge >= 0.3 is 0 Å². The number of nitrogens with zero attached hydrogens (tertiary/aromatic N) is 3. The van der Waals surface area contributed by atoms with Crippen LogP contribution in [0, 0.1) is 0 Å². The van der Waals surface area contributed by atoms with Crippen molar-refractivity contribution in [1.82, 2.24) is 14.8 Å². The second-order valence-electron chi connectivity index (χ2n) is 7.03. The molecule has 4 nitrogen and oxygen atoms in total. The highest BCUT2D eigenvalue weighted by atomic mass is 32.1. The van der Waals surface area contributed by atoms with Crippen LogP contribution in [0.15, 0.2) is 18.2 Å².